The molecule has 0 aliphatic carbocycles. The van der Waals surface area contributed by atoms with E-state index in [1.807, 2.05) is 17.5 Å². The van der Waals surface area contributed by atoms with Gasteiger partial charge in [0.2, 0.25) is 0 Å². The zero-order valence-electron chi connectivity index (χ0n) is 15.8. The maximum atomic E-state index is 12.2. The van der Waals surface area contributed by atoms with Crippen molar-refractivity contribution in [1.82, 2.24) is 15.3 Å². The first-order valence-corrected chi connectivity index (χ1v) is 10.1. The fourth-order valence-corrected chi connectivity index (χ4v) is 3.58. The van der Waals surface area contributed by atoms with Gasteiger partial charge in [0.15, 0.2) is 0 Å². The lowest BCUT2D eigenvalue weighted by atomic mass is 10.1. The van der Waals surface area contributed by atoms with Gasteiger partial charge in [-0.25, -0.2) is 4.98 Å². The lowest BCUT2D eigenvalue weighted by Crippen LogP contribution is -2.27. The highest BCUT2D eigenvalue weighted by atomic mass is 32.1. The van der Waals surface area contributed by atoms with Gasteiger partial charge in [-0.1, -0.05) is 25.5 Å². The predicted molar refractivity (Wildman–Crippen MR) is 108 cm³/mol. The van der Waals surface area contributed by atoms with E-state index in [-0.39, 0.29) is 0 Å². The number of pyridine rings is 1. The SMILES string of the molecule is CCCc1cc(-c2nc(-c3ccc(C(=O)NCCC(F)(F)F)cc3)cs2)ccn1. The third-order valence-corrected chi connectivity index (χ3v) is 5.10. The number of rotatable bonds is 7. The van der Waals surface area contributed by atoms with Gasteiger partial charge >= 0.3 is 6.18 Å². The van der Waals surface area contributed by atoms with Crippen LogP contribution in [0.2, 0.25) is 0 Å². The minimum Gasteiger partial charge on any atom is -0.352 e. The molecule has 0 radical (unpaired) electrons. The monoisotopic (exact) mass is 419 g/mol. The lowest BCUT2D eigenvalue weighted by molar-refractivity contribution is -0.132. The van der Waals surface area contributed by atoms with Gasteiger partial charge in [0.05, 0.1) is 12.1 Å². The average Bonchev–Trinajstić information content (AvgIpc) is 3.18. The molecule has 0 saturated carbocycles. The van der Waals surface area contributed by atoms with Crippen molar-refractivity contribution in [2.45, 2.75) is 32.4 Å². The second kappa shape index (κ2) is 9.17. The molecule has 3 rings (SSSR count). The fraction of sp³-hybridized carbons (Fsp3) is 0.286. The van der Waals surface area contributed by atoms with Crippen molar-refractivity contribution in [2.75, 3.05) is 6.54 Å². The Bertz CT molecular complexity index is 968. The van der Waals surface area contributed by atoms with Gasteiger partial charge in [0, 0.05) is 40.5 Å². The zero-order chi connectivity index (χ0) is 20.9. The standard InChI is InChI=1S/C21H20F3N3OS/c1-2-3-17-12-16(8-10-25-17)20-27-18(13-29-20)14-4-6-15(7-5-14)19(28)26-11-9-21(22,23)24/h4-8,10,12-13H,2-3,9,11H2,1H3,(H,26,28). The second-order valence-electron chi connectivity index (χ2n) is 6.52. The van der Waals surface area contributed by atoms with Crippen LogP contribution in [0.4, 0.5) is 13.2 Å². The van der Waals surface area contributed by atoms with Crippen LogP contribution >= 0.6 is 11.3 Å². The van der Waals surface area contributed by atoms with Crippen LogP contribution in [0.1, 0.15) is 35.8 Å². The van der Waals surface area contributed by atoms with Crippen LogP contribution in [0, 0.1) is 0 Å². The van der Waals surface area contributed by atoms with Crippen LogP contribution in [-0.4, -0.2) is 28.6 Å². The van der Waals surface area contributed by atoms with Crippen molar-refractivity contribution in [3.05, 3.63) is 59.2 Å². The number of benzene rings is 1. The minimum atomic E-state index is -4.29. The van der Waals surface area contributed by atoms with E-state index in [4.69, 9.17) is 0 Å². The van der Waals surface area contributed by atoms with E-state index in [0.717, 1.165) is 40.4 Å². The molecule has 0 aliphatic heterocycles. The highest BCUT2D eigenvalue weighted by Gasteiger charge is 2.26. The number of nitrogens with one attached hydrogen (secondary N) is 1. The quantitative estimate of drug-likeness (QED) is 0.550. The van der Waals surface area contributed by atoms with E-state index in [1.165, 1.54) is 11.3 Å². The largest absolute Gasteiger partial charge is 0.390 e. The van der Waals surface area contributed by atoms with Crippen LogP contribution in [0.5, 0.6) is 0 Å². The summed E-state index contributed by atoms with van der Waals surface area (Å²) in [6.07, 6.45) is -1.61. The molecule has 29 heavy (non-hydrogen) atoms. The maximum Gasteiger partial charge on any atom is 0.390 e. The van der Waals surface area contributed by atoms with Gasteiger partial charge in [-0.05, 0) is 30.7 Å². The number of aromatic nitrogens is 2. The molecule has 4 nitrogen and oxygen atoms in total. The summed E-state index contributed by atoms with van der Waals surface area (Å²) in [7, 11) is 0. The molecule has 3 aromatic rings. The van der Waals surface area contributed by atoms with Crippen LogP contribution in [-0.2, 0) is 6.42 Å². The number of halogens is 3. The van der Waals surface area contributed by atoms with E-state index in [9.17, 15) is 18.0 Å². The van der Waals surface area contributed by atoms with Gasteiger partial charge in [-0.2, -0.15) is 13.2 Å². The predicted octanol–water partition coefficient (Wildman–Crippen LogP) is 5.51. The Morgan fingerprint density at radius 2 is 1.90 bits per heavy atom. The first-order chi connectivity index (χ1) is 13.9. The van der Waals surface area contributed by atoms with E-state index in [1.54, 1.807) is 30.5 Å². The van der Waals surface area contributed by atoms with E-state index in [2.05, 4.69) is 22.2 Å². The first-order valence-electron chi connectivity index (χ1n) is 9.22. The van der Waals surface area contributed by atoms with Crippen molar-refractivity contribution < 1.29 is 18.0 Å². The van der Waals surface area contributed by atoms with E-state index < -0.39 is 25.0 Å². The van der Waals surface area contributed by atoms with Gasteiger partial charge in [-0.3, -0.25) is 9.78 Å². The maximum absolute atomic E-state index is 12.2. The highest BCUT2D eigenvalue weighted by Crippen LogP contribution is 2.29. The Balaban J connectivity index is 1.68. The number of carbonyl (C=O) groups excluding carboxylic acids is 1. The Morgan fingerprint density at radius 3 is 2.59 bits per heavy atom. The number of aryl methyl sites for hydroxylation is 1. The van der Waals surface area contributed by atoms with Gasteiger partial charge in [0.1, 0.15) is 5.01 Å². The first kappa shape index (κ1) is 21.0. The Labute approximate surface area is 170 Å². The normalized spacial score (nSPS) is 11.4. The van der Waals surface area contributed by atoms with Crippen LogP contribution in [0.3, 0.4) is 0 Å². The van der Waals surface area contributed by atoms with Crippen LogP contribution < -0.4 is 5.32 Å². The molecule has 1 N–H and O–H groups in total. The smallest absolute Gasteiger partial charge is 0.352 e. The molecule has 0 fully saturated rings. The number of thiazole rings is 1. The van der Waals surface area contributed by atoms with Gasteiger partial charge < -0.3 is 5.32 Å². The fourth-order valence-electron chi connectivity index (χ4n) is 2.76. The average molecular weight is 419 g/mol. The number of carbonyl (C=O) groups is 1. The number of hydrogen-bond acceptors (Lipinski definition) is 4. The summed E-state index contributed by atoms with van der Waals surface area (Å²) in [6.45, 7) is 1.67. The molecule has 1 amide bonds. The number of nitrogens with zero attached hydrogens (tertiary/aromatic N) is 2. The summed E-state index contributed by atoms with van der Waals surface area (Å²) < 4.78 is 36.5. The molecular formula is C21H20F3N3OS. The van der Waals surface area contributed by atoms with Gasteiger partial charge in [0.25, 0.3) is 5.91 Å². The summed E-state index contributed by atoms with van der Waals surface area (Å²) in [6, 6.07) is 10.6. The second-order valence-corrected chi connectivity index (χ2v) is 7.38. The summed E-state index contributed by atoms with van der Waals surface area (Å²) >= 11 is 1.52. The Morgan fingerprint density at radius 1 is 1.14 bits per heavy atom. The molecule has 0 saturated heterocycles. The number of hydrogen-bond donors (Lipinski definition) is 1. The van der Waals surface area contributed by atoms with E-state index >= 15 is 0 Å². The van der Waals surface area contributed by atoms with Gasteiger partial charge in [-0.15, -0.1) is 11.3 Å². The Kier molecular flexibility index (Phi) is 6.64. The van der Waals surface area contributed by atoms with Crippen molar-refractivity contribution in [3.8, 4) is 21.8 Å². The molecule has 0 spiro atoms. The molecule has 152 valence electrons. The lowest BCUT2D eigenvalue weighted by Gasteiger charge is -2.08. The zero-order valence-corrected chi connectivity index (χ0v) is 16.6. The number of alkyl halides is 3. The minimum absolute atomic E-state index is 0.310. The van der Waals surface area contributed by atoms with Crippen molar-refractivity contribution >= 4 is 17.2 Å². The van der Waals surface area contributed by atoms with Crippen LogP contribution in [0.25, 0.3) is 21.8 Å². The molecule has 2 heterocycles. The molecule has 0 unspecified atom stereocenters. The summed E-state index contributed by atoms with van der Waals surface area (Å²) in [5.74, 6) is -0.528. The molecule has 0 atom stereocenters. The molecule has 1 aromatic carbocycles. The van der Waals surface area contributed by atoms with Crippen molar-refractivity contribution in [1.29, 1.82) is 0 Å². The van der Waals surface area contributed by atoms with Crippen molar-refractivity contribution in [3.63, 3.8) is 0 Å². The molecule has 0 aliphatic rings. The molecule has 2 aromatic heterocycles. The molecule has 8 heteroatoms. The molecular weight excluding hydrogens is 399 g/mol. The van der Waals surface area contributed by atoms with Crippen molar-refractivity contribution in [2.24, 2.45) is 0 Å². The summed E-state index contributed by atoms with van der Waals surface area (Å²) in [5, 5.41) is 5.10. The topological polar surface area (TPSA) is 54.9 Å². The van der Waals surface area contributed by atoms with E-state index in [0.29, 0.717) is 5.56 Å². The highest BCUT2D eigenvalue weighted by molar-refractivity contribution is 7.13. The third-order valence-electron chi connectivity index (χ3n) is 4.21. The summed E-state index contributed by atoms with van der Waals surface area (Å²) in [5.41, 5.74) is 3.97. The number of amides is 1. The molecule has 0 bridgehead atoms. The summed E-state index contributed by atoms with van der Waals surface area (Å²) in [4.78, 5) is 21.0. The Hall–Kier alpha value is -2.74. The van der Waals surface area contributed by atoms with Crippen LogP contribution in [0.15, 0.2) is 48.0 Å². The third kappa shape index (κ3) is 5.87.